The van der Waals surface area contributed by atoms with Gasteiger partial charge in [-0.3, -0.25) is 0 Å². The summed E-state index contributed by atoms with van der Waals surface area (Å²) in [5.74, 6) is 0.0350. The van der Waals surface area contributed by atoms with E-state index in [1.165, 1.54) is 0 Å². The van der Waals surface area contributed by atoms with Gasteiger partial charge < -0.3 is 19.5 Å². The molecule has 1 N–H and O–H groups in total. The highest BCUT2D eigenvalue weighted by molar-refractivity contribution is 6.17. The first kappa shape index (κ1) is 21.5. The van der Waals surface area contributed by atoms with Crippen LogP contribution >= 0.6 is 11.6 Å². The highest BCUT2D eigenvalue weighted by atomic mass is 35.5. The van der Waals surface area contributed by atoms with Crippen LogP contribution in [0.4, 0.5) is 4.79 Å². The van der Waals surface area contributed by atoms with E-state index < -0.39 is 36.0 Å². The van der Waals surface area contributed by atoms with Gasteiger partial charge in [0.25, 0.3) is 0 Å². The van der Waals surface area contributed by atoms with Crippen molar-refractivity contribution in [3.05, 3.63) is 35.9 Å². The molecule has 1 heterocycles. The molecular formula is C20H28ClNO5. The van der Waals surface area contributed by atoms with Crippen LogP contribution in [0.3, 0.4) is 0 Å². The van der Waals surface area contributed by atoms with E-state index in [-0.39, 0.29) is 0 Å². The molecule has 7 heteroatoms. The Labute approximate surface area is 165 Å². The van der Waals surface area contributed by atoms with Crippen LogP contribution in [-0.2, 0) is 25.4 Å². The Morgan fingerprint density at radius 2 is 1.96 bits per heavy atom. The van der Waals surface area contributed by atoms with Gasteiger partial charge in [-0.2, -0.15) is 0 Å². The number of aryl methyl sites for hydroxylation is 1. The second kappa shape index (κ2) is 9.95. The average Bonchev–Trinajstić information content (AvgIpc) is 3.39. The van der Waals surface area contributed by atoms with Crippen LogP contribution in [0.15, 0.2) is 30.3 Å². The zero-order valence-corrected chi connectivity index (χ0v) is 16.8. The van der Waals surface area contributed by atoms with Gasteiger partial charge in [0.15, 0.2) is 6.10 Å². The zero-order valence-electron chi connectivity index (χ0n) is 16.1. The van der Waals surface area contributed by atoms with E-state index in [0.29, 0.717) is 31.7 Å². The number of halogens is 1. The lowest BCUT2D eigenvalue weighted by atomic mass is 10.0. The molecule has 0 aliphatic carbocycles. The molecule has 6 nitrogen and oxygen atoms in total. The fourth-order valence-electron chi connectivity index (χ4n) is 2.64. The molecule has 0 saturated carbocycles. The molecule has 150 valence electrons. The Morgan fingerprint density at radius 1 is 1.26 bits per heavy atom. The number of hydrogen-bond acceptors (Lipinski definition) is 5. The maximum atomic E-state index is 12.2. The molecular weight excluding hydrogens is 370 g/mol. The first-order chi connectivity index (χ1) is 12.8. The van der Waals surface area contributed by atoms with Gasteiger partial charge in [-0.1, -0.05) is 30.3 Å². The molecule has 1 aliphatic rings. The van der Waals surface area contributed by atoms with E-state index in [4.69, 9.17) is 25.8 Å². The van der Waals surface area contributed by atoms with E-state index in [2.05, 4.69) is 5.32 Å². The summed E-state index contributed by atoms with van der Waals surface area (Å²) in [6.45, 7) is 5.84. The number of carbonyl (C=O) groups excluding carboxylic acids is 2. The Morgan fingerprint density at radius 3 is 2.59 bits per heavy atom. The molecule has 0 bridgehead atoms. The fraction of sp³-hybridized carbons (Fsp3) is 0.600. The molecule has 3 atom stereocenters. The lowest BCUT2D eigenvalue weighted by Gasteiger charge is -2.19. The van der Waals surface area contributed by atoms with Crippen molar-refractivity contribution in [2.45, 2.75) is 63.9 Å². The van der Waals surface area contributed by atoms with Crippen LogP contribution in [0, 0.1) is 0 Å². The molecule has 0 radical (unpaired) electrons. The topological polar surface area (TPSA) is 77.2 Å². The number of alkyl halides is 1. The van der Waals surface area contributed by atoms with Crippen LogP contribution < -0.4 is 5.32 Å². The van der Waals surface area contributed by atoms with Gasteiger partial charge in [0.05, 0.1) is 0 Å². The molecule has 2 rings (SSSR count). The molecule has 1 aliphatic heterocycles. The lowest BCUT2D eigenvalue weighted by Crippen LogP contribution is -2.35. The summed E-state index contributed by atoms with van der Waals surface area (Å²) in [7, 11) is 0. The van der Waals surface area contributed by atoms with E-state index in [1.54, 1.807) is 20.8 Å². The standard InChI is InChI=1S/C20H28ClNO5/c1-20(2,3)27-18(23)17-16(26-17)15(25-19(24)22-13-7-12-21)11-10-14-8-5-4-6-9-14/h4-6,8-9,15-17H,7,10-13H2,1-3H3,(H,22,24)/t15-,16+,17-/m1/s1. The Kier molecular flexibility index (Phi) is 7.92. The maximum Gasteiger partial charge on any atom is 0.407 e. The highest BCUT2D eigenvalue weighted by Crippen LogP contribution is 2.32. The van der Waals surface area contributed by atoms with Gasteiger partial charge in [-0.25, -0.2) is 9.59 Å². The first-order valence-corrected chi connectivity index (χ1v) is 9.76. The Balaban J connectivity index is 1.93. The van der Waals surface area contributed by atoms with Crippen LogP contribution in [0.25, 0.3) is 0 Å². The molecule has 1 aromatic carbocycles. The molecule has 0 unspecified atom stereocenters. The number of hydrogen-bond donors (Lipinski definition) is 1. The summed E-state index contributed by atoms with van der Waals surface area (Å²) in [4.78, 5) is 24.2. The summed E-state index contributed by atoms with van der Waals surface area (Å²) in [5.41, 5.74) is 0.538. The Hall–Kier alpha value is -1.79. The zero-order chi connectivity index (χ0) is 19.9. The van der Waals surface area contributed by atoms with Crippen molar-refractivity contribution < 1.29 is 23.8 Å². The van der Waals surface area contributed by atoms with Gasteiger partial charge in [0.1, 0.15) is 17.8 Å². The van der Waals surface area contributed by atoms with Crippen molar-refractivity contribution in [2.24, 2.45) is 0 Å². The summed E-state index contributed by atoms with van der Waals surface area (Å²) in [6.07, 6.45) is -0.317. The molecule has 1 saturated heterocycles. The summed E-state index contributed by atoms with van der Waals surface area (Å²) < 4.78 is 16.4. The first-order valence-electron chi connectivity index (χ1n) is 9.23. The number of nitrogens with one attached hydrogen (secondary N) is 1. The smallest absolute Gasteiger partial charge is 0.407 e. The van der Waals surface area contributed by atoms with E-state index in [0.717, 1.165) is 5.56 Å². The van der Waals surface area contributed by atoms with Crippen molar-refractivity contribution in [2.75, 3.05) is 12.4 Å². The van der Waals surface area contributed by atoms with Crippen LogP contribution in [0.1, 0.15) is 39.2 Å². The SMILES string of the molecule is CC(C)(C)OC(=O)[C@@H]1O[C@H]1[C@@H](CCc1ccccc1)OC(=O)NCCCCl. The number of epoxide rings is 1. The monoisotopic (exact) mass is 397 g/mol. The predicted molar refractivity (Wildman–Crippen MR) is 103 cm³/mol. The summed E-state index contributed by atoms with van der Waals surface area (Å²) >= 11 is 5.61. The third kappa shape index (κ3) is 7.77. The van der Waals surface area contributed by atoms with Crippen LogP contribution in [-0.4, -0.2) is 48.4 Å². The number of carbonyl (C=O) groups is 2. The summed E-state index contributed by atoms with van der Waals surface area (Å²) in [6, 6.07) is 9.89. The number of rotatable bonds is 9. The van der Waals surface area contributed by atoms with Gasteiger partial charge in [-0.15, -0.1) is 11.6 Å². The minimum Gasteiger partial charge on any atom is -0.458 e. The second-order valence-electron chi connectivity index (χ2n) is 7.49. The molecule has 1 aromatic rings. The fourth-order valence-corrected chi connectivity index (χ4v) is 2.77. The minimum atomic E-state index is -0.694. The molecule has 0 aromatic heterocycles. The minimum absolute atomic E-state index is 0.427. The second-order valence-corrected chi connectivity index (χ2v) is 7.87. The van der Waals surface area contributed by atoms with Gasteiger partial charge >= 0.3 is 12.1 Å². The van der Waals surface area contributed by atoms with Crippen molar-refractivity contribution in [3.63, 3.8) is 0 Å². The number of benzene rings is 1. The molecule has 27 heavy (non-hydrogen) atoms. The third-order valence-electron chi connectivity index (χ3n) is 3.93. The number of amides is 1. The Bertz CT molecular complexity index is 617. The third-order valence-corrected chi connectivity index (χ3v) is 4.20. The van der Waals surface area contributed by atoms with Crippen molar-refractivity contribution in [1.82, 2.24) is 5.32 Å². The van der Waals surface area contributed by atoms with Gasteiger partial charge in [0.2, 0.25) is 0 Å². The van der Waals surface area contributed by atoms with E-state index in [1.807, 2.05) is 30.3 Å². The highest BCUT2D eigenvalue weighted by Gasteiger charge is 2.53. The maximum absolute atomic E-state index is 12.2. The number of ether oxygens (including phenoxy) is 3. The summed E-state index contributed by atoms with van der Waals surface area (Å²) in [5, 5.41) is 2.66. The van der Waals surface area contributed by atoms with Crippen molar-refractivity contribution in [3.8, 4) is 0 Å². The number of esters is 1. The quantitative estimate of drug-likeness (QED) is 0.299. The molecule has 1 fully saturated rings. The largest absolute Gasteiger partial charge is 0.458 e. The molecule has 0 spiro atoms. The van der Waals surface area contributed by atoms with Gasteiger partial charge in [0, 0.05) is 12.4 Å². The average molecular weight is 398 g/mol. The normalized spacial score (nSPS) is 19.9. The van der Waals surface area contributed by atoms with Crippen LogP contribution in [0.2, 0.25) is 0 Å². The van der Waals surface area contributed by atoms with Crippen molar-refractivity contribution >= 4 is 23.7 Å². The van der Waals surface area contributed by atoms with Gasteiger partial charge in [-0.05, 0) is 45.6 Å². The lowest BCUT2D eigenvalue weighted by molar-refractivity contribution is -0.156. The van der Waals surface area contributed by atoms with Crippen LogP contribution in [0.5, 0.6) is 0 Å². The number of alkyl carbamates (subject to hydrolysis) is 1. The van der Waals surface area contributed by atoms with E-state index in [9.17, 15) is 9.59 Å². The predicted octanol–water partition coefficient (Wildman–Crippen LogP) is 3.45. The molecule has 1 amide bonds. The van der Waals surface area contributed by atoms with Crippen molar-refractivity contribution in [1.29, 1.82) is 0 Å². The van der Waals surface area contributed by atoms with E-state index >= 15 is 0 Å².